The van der Waals surface area contributed by atoms with E-state index in [2.05, 4.69) is 15.6 Å². The van der Waals surface area contributed by atoms with Crippen molar-refractivity contribution in [3.05, 3.63) is 18.2 Å². The highest BCUT2D eigenvalue weighted by molar-refractivity contribution is 7.22. The van der Waals surface area contributed by atoms with Gasteiger partial charge < -0.3 is 15.4 Å². The second-order valence-electron chi connectivity index (χ2n) is 3.86. The Morgan fingerprint density at radius 2 is 2.16 bits per heavy atom. The molecule has 1 aromatic carbocycles. The minimum absolute atomic E-state index is 0.0118. The molecular weight excluding hydrogens is 266 g/mol. The molecule has 2 aromatic rings. The van der Waals surface area contributed by atoms with E-state index in [0.717, 1.165) is 10.2 Å². The zero-order valence-corrected chi connectivity index (χ0v) is 11.3. The lowest BCUT2D eigenvalue weighted by Crippen LogP contribution is -2.16. The molecule has 0 spiro atoms. The van der Waals surface area contributed by atoms with E-state index < -0.39 is 0 Å². The third-order valence-electron chi connectivity index (χ3n) is 2.23. The van der Waals surface area contributed by atoms with E-state index in [9.17, 15) is 9.59 Å². The standard InChI is InChI=1S/C12H13N3O3S/c1-7(16)13-12-15-9-4-3-8(5-10(9)19-12)14-11(17)6-18-2/h3-5H,6H2,1-2H3,(H,14,17)(H,13,15,16). The third-order valence-corrected chi connectivity index (χ3v) is 3.16. The molecule has 6 nitrogen and oxygen atoms in total. The topological polar surface area (TPSA) is 80.3 Å². The Balaban J connectivity index is 2.20. The number of amides is 2. The van der Waals surface area contributed by atoms with Gasteiger partial charge in [0.25, 0.3) is 0 Å². The van der Waals surface area contributed by atoms with Crippen molar-refractivity contribution < 1.29 is 14.3 Å². The highest BCUT2D eigenvalue weighted by atomic mass is 32.1. The van der Waals surface area contributed by atoms with Gasteiger partial charge in [-0.05, 0) is 18.2 Å². The number of nitrogens with zero attached hydrogens (tertiary/aromatic N) is 1. The Morgan fingerprint density at radius 3 is 2.84 bits per heavy atom. The maximum atomic E-state index is 11.4. The number of carbonyl (C=O) groups is 2. The molecule has 0 unspecified atom stereocenters. The van der Waals surface area contributed by atoms with Crippen LogP contribution in [0.1, 0.15) is 6.92 Å². The van der Waals surface area contributed by atoms with Crippen molar-refractivity contribution in [2.45, 2.75) is 6.92 Å². The van der Waals surface area contributed by atoms with Crippen molar-refractivity contribution >= 4 is 44.2 Å². The summed E-state index contributed by atoms with van der Waals surface area (Å²) in [4.78, 5) is 26.6. The number of hydrogen-bond donors (Lipinski definition) is 2. The van der Waals surface area contributed by atoms with E-state index in [0.29, 0.717) is 10.8 Å². The molecule has 0 saturated carbocycles. The molecule has 0 aliphatic heterocycles. The summed E-state index contributed by atoms with van der Waals surface area (Å²) >= 11 is 1.35. The number of thiazole rings is 1. The largest absolute Gasteiger partial charge is 0.375 e. The van der Waals surface area contributed by atoms with E-state index in [4.69, 9.17) is 4.74 Å². The van der Waals surface area contributed by atoms with Crippen LogP contribution in [-0.2, 0) is 14.3 Å². The van der Waals surface area contributed by atoms with Gasteiger partial charge in [-0.15, -0.1) is 0 Å². The van der Waals surface area contributed by atoms with Gasteiger partial charge in [-0.1, -0.05) is 11.3 Å². The summed E-state index contributed by atoms with van der Waals surface area (Å²) in [6.45, 7) is 1.44. The van der Waals surface area contributed by atoms with Crippen LogP contribution in [-0.4, -0.2) is 30.5 Å². The minimum atomic E-state index is -0.214. The number of aromatic nitrogens is 1. The molecule has 0 saturated heterocycles. The Labute approximate surface area is 113 Å². The molecule has 2 rings (SSSR count). The van der Waals surface area contributed by atoms with E-state index in [1.807, 2.05) is 6.07 Å². The number of benzene rings is 1. The molecule has 19 heavy (non-hydrogen) atoms. The summed E-state index contributed by atoms with van der Waals surface area (Å²) < 4.78 is 5.63. The van der Waals surface area contributed by atoms with Crippen LogP contribution in [0.2, 0.25) is 0 Å². The van der Waals surface area contributed by atoms with Crippen molar-refractivity contribution in [1.29, 1.82) is 0 Å². The highest BCUT2D eigenvalue weighted by Gasteiger charge is 2.07. The summed E-state index contributed by atoms with van der Waals surface area (Å²) in [6, 6.07) is 5.36. The number of rotatable bonds is 4. The number of ether oxygens (including phenoxy) is 1. The molecule has 100 valence electrons. The molecule has 2 amide bonds. The van der Waals surface area contributed by atoms with Gasteiger partial charge in [0, 0.05) is 19.7 Å². The Morgan fingerprint density at radius 1 is 1.37 bits per heavy atom. The van der Waals surface area contributed by atoms with Crippen LogP contribution in [0.3, 0.4) is 0 Å². The first-order valence-electron chi connectivity index (χ1n) is 5.55. The summed E-state index contributed by atoms with van der Waals surface area (Å²) in [5.74, 6) is -0.374. The molecule has 7 heteroatoms. The van der Waals surface area contributed by atoms with Gasteiger partial charge in [0.05, 0.1) is 10.2 Å². The number of carbonyl (C=O) groups excluding carboxylic acids is 2. The Bertz CT molecular complexity index is 624. The van der Waals surface area contributed by atoms with Gasteiger partial charge >= 0.3 is 0 Å². The van der Waals surface area contributed by atoms with Crippen LogP contribution in [0.4, 0.5) is 10.8 Å². The van der Waals surface area contributed by atoms with Gasteiger partial charge in [-0.25, -0.2) is 4.98 Å². The van der Waals surface area contributed by atoms with Crippen LogP contribution < -0.4 is 10.6 Å². The number of methoxy groups -OCH3 is 1. The summed E-state index contributed by atoms with van der Waals surface area (Å²) in [6.07, 6.45) is 0. The van der Waals surface area contributed by atoms with E-state index in [1.54, 1.807) is 12.1 Å². The van der Waals surface area contributed by atoms with E-state index in [1.165, 1.54) is 25.4 Å². The van der Waals surface area contributed by atoms with Gasteiger partial charge in [0.1, 0.15) is 6.61 Å². The third kappa shape index (κ3) is 3.49. The lowest BCUT2D eigenvalue weighted by Gasteiger charge is -2.03. The van der Waals surface area contributed by atoms with Gasteiger partial charge in [0.2, 0.25) is 11.8 Å². The quantitative estimate of drug-likeness (QED) is 0.895. The fourth-order valence-electron chi connectivity index (χ4n) is 1.53. The van der Waals surface area contributed by atoms with Crippen LogP contribution >= 0.6 is 11.3 Å². The molecule has 2 N–H and O–H groups in total. The average Bonchev–Trinajstić information content (AvgIpc) is 2.69. The molecule has 0 bridgehead atoms. The molecule has 1 aromatic heterocycles. The molecule has 0 aliphatic carbocycles. The van der Waals surface area contributed by atoms with E-state index in [-0.39, 0.29) is 18.4 Å². The minimum Gasteiger partial charge on any atom is -0.375 e. The second-order valence-corrected chi connectivity index (χ2v) is 4.89. The lowest BCUT2D eigenvalue weighted by atomic mass is 10.3. The first kappa shape index (κ1) is 13.4. The molecule has 0 radical (unpaired) electrons. The summed E-state index contributed by atoms with van der Waals surface area (Å²) in [7, 11) is 1.46. The SMILES string of the molecule is COCC(=O)Nc1ccc2nc(NC(C)=O)sc2c1. The Kier molecular flexibility index (Phi) is 4.08. The second kappa shape index (κ2) is 5.77. The first-order chi connectivity index (χ1) is 9.08. The smallest absolute Gasteiger partial charge is 0.250 e. The van der Waals surface area contributed by atoms with Crippen LogP contribution in [0.15, 0.2) is 18.2 Å². The number of anilines is 2. The first-order valence-corrected chi connectivity index (χ1v) is 6.37. The van der Waals surface area contributed by atoms with Crippen molar-refractivity contribution in [3.8, 4) is 0 Å². The van der Waals surface area contributed by atoms with Crippen molar-refractivity contribution in [3.63, 3.8) is 0 Å². The lowest BCUT2D eigenvalue weighted by molar-refractivity contribution is -0.119. The summed E-state index contributed by atoms with van der Waals surface area (Å²) in [5, 5.41) is 5.89. The van der Waals surface area contributed by atoms with Crippen molar-refractivity contribution in [2.75, 3.05) is 24.4 Å². The van der Waals surface area contributed by atoms with Crippen molar-refractivity contribution in [1.82, 2.24) is 4.98 Å². The molecule has 1 heterocycles. The van der Waals surface area contributed by atoms with Crippen LogP contribution in [0, 0.1) is 0 Å². The van der Waals surface area contributed by atoms with Crippen LogP contribution in [0.5, 0.6) is 0 Å². The number of hydrogen-bond acceptors (Lipinski definition) is 5. The van der Waals surface area contributed by atoms with E-state index >= 15 is 0 Å². The molecule has 0 aliphatic rings. The predicted octanol–water partition coefficient (Wildman–Crippen LogP) is 1.84. The zero-order chi connectivity index (χ0) is 13.8. The van der Waals surface area contributed by atoms with Gasteiger partial charge in [-0.3, -0.25) is 9.59 Å². The fraction of sp³-hybridized carbons (Fsp3) is 0.250. The van der Waals surface area contributed by atoms with Gasteiger partial charge in [0.15, 0.2) is 5.13 Å². The average molecular weight is 279 g/mol. The molecule has 0 atom stereocenters. The summed E-state index contributed by atoms with van der Waals surface area (Å²) in [5.41, 5.74) is 1.45. The number of nitrogens with one attached hydrogen (secondary N) is 2. The van der Waals surface area contributed by atoms with Crippen LogP contribution in [0.25, 0.3) is 10.2 Å². The Hall–Kier alpha value is -1.99. The maximum Gasteiger partial charge on any atom is 0.250 e. The highest BCUT2D eigenvalue weighted by Crippen LogP contribution is 2.28. The molecular formula is C12H13N3O3S. The number of fused-ring (bicyclic) bond motifs is 1. The van der Waals surface area contributed by atoms with Crippen molar-refractivity contribution in [2.24, 2.45) is 0 Å². The monoisotopic (exact) mass is 279 g/mol. The normalized spacial score (nSPS) is 10.4. The molecule has 0 fully saturated rings. The fourth-order valence-corrected chi connectivity index (χ4v) is 2.49. The van der Waals surface area contributed by atoms with Gasteiger partial charge in [-0.2, -0.15) is 0 Å². The zero-order valence-electron chi connectivity index (χ0n) is 10.5. The predicted molar refractivity (Wildman–Crippen MR) is 74.4 cm³/mol. The maximum absolute atomic E-state index is 11.4.